The van der Waals surface area contributed by atoms with Crippen LogP contribution >= 0.6 is 0 Å². The van der Waals surface area contributed by atoms with Gasteiger partial charge >= 0.3 is 0 Å². The number of nitrogens with two attached hydrogens (primary N) is 1. The maximum atomic E-state index is 13.6. The highest BCUT2D eigenvalue weighted by Gasteiger charge is 2.21. The quantitative estimate of drug-likeness (QED) is 0.517. The minimum absolute atomic E-state index is 0.103. The second kappa shape index (κ2) is 6.76. The maximum absolute atomic E-state index is 13.6. The highest BCUT2D eigenvalue weighted by Crippen LogP contribution is 2.27. The van der Waals surface area contributed by atoms with E-state index in [1.54, 1.807) is 0 Å². The van der Waals surface area contributed by atoms with Crippen molar-refractivity contribution in [3.05, 3.63) is 101 Å². The summed E-state index contributed by atoms with van der Waals surface area (Å²) < 4.78 is 3.26. The molecule has 0 amide bonds. The first-order valence-corrected chi connectivity index (χ1v) is 9.21. The molecule has 140 valence electrons. The topological polar surface area (TPSA) is 78.7 Å². The van der Waals surface area contributed by atoms with Crippen LogP contribution in [-0.2, 0) is 0 Å². The minimum atomic E-state index is -0.266. The molecule has 0 saturated carbocycles. The number of hydrogen-bond donors (Lipinski definition) is 1. The van der Waals surface area contributed by atoms with Gasteiger partial charge in [0, 0.05) is 11.3 Å². The number of hydrogen-bond acceptors (Lipinski definition) is 4. The molecule has 2 heterocycles. The fourth-order valence-corrected chi connectivity index (χ4v) is 3.48. The summed E-state index contributed by atoms with van der Waals surface area (Å²) in [6.45, 7) is 0. The van der Waals surface area contributed by atoms with Crippen LogP contribution < -0.4 is 11.3 Å². The van der Waals surface area contributed by atoms with Crippen LogP contribution in [0, 0.1) is 0 Å². The molecule has 5 aromatic rings. The summed E-state index contributed by atoms with van der Waals surface area (Å²) in [6.07, 6.45) is 0. The zero-order valence-corrected chi connectivity index (χ0v) is 15.4. The van der Waals surface area contributed by atoms with Gasteiger partial charge in [-0.3, -0.25) is 9.36 Å². The summed E-state index contributed by atoms with van der Waals surface area (Å²) in [5.41, 5.74) is 8.97. The summed E-state index contributed by atoms with van der Waals surface area (Å²) in [6, 6.07) is 28.7. The van der Waals surface area contributed by atoms with Crippen LogP contribution in [0.5, 0.6) is 0 Å². The molecule has 29 heavy (non-hydrogen) atoms. The van der Waals surface area contributed by atoms with Crippen LogP contribution in [0.2, 0.25) is 0 Å². The van der Waals surface area contributed by atoms with Crippen LogP contribution in [0.3, 0.4) is 0 Å². The molecule has 0 saturated heterocycles. The van der Waals surface area contributed by atoms with Crippen molar-refractivity contribution in [3.63, 3.8) is 0 Å². The Morgan fingerprint density at radius 1 is 0.655 bits per heavy atom. The Kier molecular flexibility index (Phi) is 3.95. The smallest absolute Gasteiger partial charge is 0.286 e. The first-order valence-electron chi connectivity index (χ1n) is 9.21. The van der Waals surface area contributed by atoms with E-state index in [9.17, 15) is 4.79 Å². The molecule has 0 spiro atoms. The van der Waals surface area contributed by atoms with Gasteiger partial charge in [0.05, 0.1) is 5.69 Å². The Morgan fingerprint density at radius 2 is 1.17 bits per heavy atom. The zero-order chi connectivity index (χ0) is 19.8. The van der Waals surface area contributed by atoms with Crippen molar-refractivity contribution in [2.75, 3.05) is 5.73 Å². The SMILES string of the molecule is Nc1nc2nc(-c3ccccc3)n(-c3ccccc3)c2c(=O)n1-c1ccccc1. The molecule has 0 atom stereocenters. The summed E-state index contributed by atoms with van der Waals surface area (Å²) in [4.78, 5) is 22.7. The van der Waals surface area contributed by atoms with Crippen molar-refractivity contribution in [3.8, 4) is 22.8 Å². The number of anilines is 1. The highest BCUT2D eigenvalue weighted by molar-refractivity contribution is 5.81. The third-order valence-corrected chi connectivity index (χ3v) is 4.78. The van der Waals surface area contributed by atoms with Crippen molar-refractivity contribution in [2.45, 2.75) is 0 Å². The van der Waals surface area contributed by atoms with Gasteiger partial charge in [0.1, 0.15) is 5.82 Å². The third kappa shape index (κ3) is 2.78. The summed E-state index contributed by atoms with van der Waals surface area (Å²) >= 11 is 0. The van der Waals surface area contributed by atoms with Gasteiger partial charge in [0.15, 0.2) is 11.2 Å². The van der Waals surface area contributed by atoms with Crippen LogP contribution in [0.25, 0.3) is 33.9 Å². The van der Waals surface area contributed by atoms with Gasteiger partial charge in [-0.15, -0.1) is 0 Å². The molecule has 2 aromatic heterocycles. The van der Waals surface area contributed by atoms with E-state index < -0.39 is 0 Å². The van der Waals surface area contributed by atoms with E-state index in [1.165, 1.54) is 4.57 Å². The van der Waals surface area contributed by atoms with Gasteiger partial charge in [0.2, 0.25) is 5.95 Å². The lowest BCUT2D eigenvalue weighted by Crippen LogP contribution is -2.24. The van der Waals surface area contributed by atoms with Gasteiger partial charge < -0.3 is 5.73 Å². The lowest BCUT2D eigenvalue weighted by molar-refractivity contribution is 0.965. The van der Waals surface area contributed by atoms with Crippen molar-refractivity contribution in [2.24, 2.45) is 0 Å². The Hall–Kier alpha value is -4.19. The minimum Gasteiger partial charge on any atom is -0.369 e. The van der Waals surface area contributed by atoms with Crippen molar-refractivity contribution in [1.82, 2.24) is 19.1 Å². The largest absolute Gasteiger partial charge is 0.369 e. The molecule has 0 unspecified atom stereocenters. The Labute approximate surface area is 166 Å². The summed E-state index contributed by atoms with van der Waals surface area (Å²) in [5.74, 6) is 0.743. The van der Waals surface area contributed by atoms with E-state index in [2.05, 4.69) is 9.97 Å². The first-order chi connectivity index (χ1) is 14.2. The van der Waals surface area contributed by atoms with Crippen LogP contribution in [0.4, 0.5) is 5.95 Å². The van der Waals surface area contributed by atoms with E-state index in [-0.39, 0.29) is 11.5 Å². The lowest BCUT2D eigenvalue weighted by Gasteiger charge is -2.11. The zero-order valence-electron chi connectivity index (χ0n) is 15.4. The summed E-state index contributed by atoms with van der Waals surface area (Å²) in [5, 5.41) is 0. The van der Waals surface area contributed by atoms with E-state index in [0.29, 0.717) is 22.7 Å². The lowest BCUT2D eigenvalue weighted by atomic mass is 10.2. The Morgan fingerprint density at radius 3 is 1.76 bits per heavy atom. The average molecular weight is 379 g/mol. The van der Waals surface area contributed by atoms with Gasteiger partial charge in [-0.25, -0.2) is 9.55 Å². The molecule has 5 rings (SSSR count). The molecule has 0 aliphatic rings. The van der Waals surface area contributed by atoms with E-state index >= 15 is 0 Å². The van der Waals surface area contributed by atoms with Crippen molar-refractivity contribution < 1.29 is 0 Å². The molecule has 6 nitrogen and oxygen atoms in total. The van der Waals surface area contributed by atoms with Crippen LogP contribution in [0.15, 0.2) is 95.8 Å². The number of rotatable bonds is 3. The molecule has 6 heteroatoms. The van der Waals surface area contributed by atoms with Gasteiger partial charge in [-0.2, -0.15) is 4.98 Å². The Bertz CT molecular complexity index is 1360. The molecule has 0 aliphatic heterocycles. The van der Waals surface area contributed by atoms with E-state index in [0.717, 1.165) is 11.3 Å². The molecule has 2 N–H and O–H groups in total. The molecule has 0 fully saturated rings. The predicted octanol–water partition coefficient (Wildman–Crippen LogP) is 3.82. The predicted molar refractivity (Wildman–Crippen MR) is 114 cm³/mol. The normalized spacial score (nSPS) is 11.0. The molecule has 0 aliphatic carbocycles. The standard InChI is InChI=1S/C23H17N5O/c24-23-26-20-19(22(29)28(23)18-14-8-3-9-15-18)27(17-12-6-2-7-13-17)21(25-20)16-10-4-1-5-11-16/h1-15H,(H2,24,26). The number of fused-ring (bicyclic) bond motifs is 1. The molecule has 0 radical (unpaired) electrons. The van der Waals surface area contributed by atoms with Crippen molar-refractivity contribution >= 4 is 17.1 Å². The fraction of sp³-hybridized carbons (Fsp3) is 0. The first kappa shape index (κ1) is 16.9. The molecule has 3 aromatic carbocycles. The number of nitrogen functional groups attached to an aromatic ring is 1. The number of nitrogens with zero attached hydrogens (tertiary/aromatic N) is 4. The van der Waals surface area contributed by atoms with Gasteiger partial charge in [0.25, 0.3) is 5.56 Å². The number of aromatic nitrogens is 4. The molecule has 0 bridgehead atoms. The monoisotopic (exact) mass is 379 g/mol. The highest BCUT2D eigenvalue weighted by atomic mass is 16.1. The Balaban J connectivity index is 1.91. The van der Waals surface area contributed by atoms with E-state index in [4.69, 9.17) is 5.73 Å². The van der Waals surface area contributed by atoms with Gasteiger partial charge in [-0.05, 0) is 24.3 Å². The van der Waals surface area contributed by atoms with E-state index in [1.807, 2.05) is 95.6 Å². The average Bonchev–Trinajstić information content (AvgIpc) is 3.15. The second-order valence-corrected chi connectivity index (χ2v) is 6.59. The number of benzene rings is 3. The second-order valence-electron chi connectivity index (χ2n) is 6.59. The molecular weight excluding hydrogens is 362 g/mol. The van der Waals surface area contributed by atoms with Crippen LogP contribution in [-0.4, -0.2) is 19.1 Å². The summed E-state index contributed by atoms with van der Waals surface area (Å²) in [7, 11) is 0. The van der Waals surface area contributed by atoms with Crippen LogP contribution in [0.1, 0.15) is 0 Å². The van der Waals surface area contributed by atoms with Gasteiger partial charge in [-0.1, -0.05) is 66.7 Å². The molecular formula is C23H17N5O. The fourth-order valence-electron chi connectivity index (χ4n) is 3.48. The maximum Gasteiger partial charge on any atom is 0.286 e. The number of para-hydroxylation sites is 2. The number of imidazole rings is 1. The van der Waals surface area contributed by atoms with Crippen molar-refractivity contribution in [1.29, 1.82) is 0 Å². The third-order valence-electron chi connectivity index (χ3n) is 4.78.